The van der Waals surface area contributed by atoms with Crippen LogP contribution in [0.4, 0.5) is 10.1 Å². The molecule has 0 aliphatic rings. The van der Waals surface area contributed by atoms with E-state index in [9.17, 15) is 14.4 Å². The van der Waals surface area contributed by atoms with E-state index in [1.54, 1.807) is 18.2 Å². The van der Waals surface area contributed by atoms with Gasteiger partial charge in [0.1, 0.15) is 23.2 Å². The molecular weight excluding hydrogens is 307 g/mol. The van der Waals surface area contributed by atoms with Crippen LogP contribution in [-0.2, 0) is 4.79 Å². The summed E-state index contributed by atoms with van der Waals surface area (Å²) in [6.45, 7) is 3.79. The summed E-state index contributed by atoms with van der Waals surface area (Å²) in [7, 11) is 0. The summed E-state index contributed by atoms with van der Waals surface area (Å²) in [6.07, 6.45) is 1.44. The molecule has 0 aliphatic heterocycles. The lowest BCUT2D eigenvalue weighted by atomic mass is 10.1. The highest BCUT2D eigenvalue weighted by atomic mass is 19.1. The quantitative estimate of drug-likeness (QED) is 0.663. The van der Waals surface area contributed by atoms with Crippen LogP contribution in [0.15, 0.2) is 54.1 Å². The Morgan fingerprint density at radius 3 is 2.50 bits per heavy atom. The van der Waals surface area contributed by atoms with Crippen LogP contribution in [0.25, 0.3) is 6.08 Å². The van der Waals surface area contributed by atoms with E-state index in [0.717, 1.165) is 0 Å². The Bertz CT molecular complexity index is 790. The number of hydrogen-bond donors (Lipinski definition) is 1. The normalized spacial score (nSPS) is 11.0. The third-order valence-corrected chi connectivity index (χ3v) is 3.05. The fourth-order valence-corrected chi connectivity index (χ4v) is 2.00. The zero-order valence-corrected chi connectivity index (χ0v) is 13.4. The molecule has 0 atom stereocenters. The number of hydrogen-bond acceptors (Lipinski definition) is 3. The molecule has 24 heavy (non-hydrogen) atoms. The number of amides is 1. The number of nitriles is 1. The zero-order chi connectivity index (χ0) is 17.5. The van der Waals surface area contributed by atoms with Crippen molar-refractivity contribution in [3.8, 4) is 11.8 Å². The molecule has 122 valence electrons. The van der Waals surface area contributed by atoms with Crippen molar-refractivity contribution in [2.24, 2.45) is 0 Å². The first-order chi connectivity index (χ1) is 11.5. The Balaban J connectivity index is 2.24. The smallest absolute Gasteiger partial charge is 0.266 e. The molecule has 2 aromatic rings. The lowest BCUT2D eigenvalue weighted by Crippen LogP contribution is -2.13. The van der Waals surface area contributed by atoms with Crippen LogP contribution in [0.5, 0.6) is 5.75 Å². The number of anilines is 1. The number of carbonyl (C=O) groups is 1. The molecule has 0 aromatic heterocycles. The maximum Gasteiger partial charge on any atom is 0.266 e. The van der Waals surface area contributed by atoms with E-state index < -0.39 is 11.7 Å². The van der Waals surface area contributed by atoms with Crippen LogP contribution in [-0.4, -0.2) is 12.0 Å². The van der Waals surface area contributed by atoms with Crippen molar-refractivity contribution in [2.75, 3.05) is 5.32 Å². The van der Waals surface area contributed by atoms with Gasteiger partial charge >= 0.3 is 0 Å². The molecule has 0 bridgehead atoms. The second kappa shape index (κ2) is 7.93. The Kier molecular flexibility index (Phi) is 5.69. The van der Waals surface area contributed by atoms with Crippen molar-refractivity contribution >= 4 is 17.7 Å². The lowest BCUT2D eigenvalue weighted by Gasteiger charge is -2.12. The molecule has 1 N–H and O–H groups in total. The van der Waals surface area contributed by atoms with Gasteiger partial charge in [-0.25, -0.2) is 4.39 Å². The monoisotopic (exact) mass is 324 g/mol. The van der Waals surface area contributed by atoms with Crippen molar-refractivity contribution in [2.45, 2.75) is 20.0 Å². The fraction of sp³-hybridized carbons (Fsp3) is 0.158. The highest BCUT2D eigenvalue weighted by Crippen LogP contribution is 2.22. The standard InChI is InChI=1S/C19H17FN2O2/c1-13(2)24-18-6-4-3-5-14(18)11-15(12-21)19(23)22-17-9-7-16(20)8-10-17/h3-11,13H,1-2H3,(H,22,23). The van der Waals surface area contributed by atoms with Gasteiger partial charge in [-0.05, 0) is 50.3 Å². The number of nitrogens with zero attached hydrogens (tertiary/aromatic N) is 1. The van der Waals surface area contributed by atoms with E-state index in [4.69, 9.17) is 4.74 Å². The lowest BCUT2D eigenvalue weighted by molar-refractivity contribution is -0.112. The van der Waals surface area contributed by atoms with Gasteiger partial charge in [-0.3, -0.25) is 4.79 Å². The molecule has 4 nitrogen and oxygen atoms in total. The topological polar surface area (TPSA) is 62.1 Å². The second-order valence-corrected chi connectivity index (χ2v) is 5.34. The average Bonchev–Trinajstić information content (AvgIpc) is 2.55. The summed E-state index contributed by atoms with van der Waals surface area (Å²) in [5, 5.41) is 11.8. The molecule has 5 heteroatoms. The van der Waals surface area contributed by atoms with Gasteiger partial charge in [0.05, 0.1) is 6.10 Å². The maximum atomic E-state index is 12.9. The third kappa shape index (κ3) is 4.68. The van der Waals surface area contributed by atoms with Gasteiger partial charge in [-0.2, -0.15) is 5.26 Å². The Morgan fingerprint density at radius 2 is 1.88 bits per heavy atom. The SMILES string of the molecule is CC(C)Oc1ccccc1C=C(C#N)C(=O)Nc1ccc(F)cc1. The summed E-state index contributed by atoms with van der Waals surface area (Å²) in [5.74, 6) is -0.373. The predicted octanol–water partition coefficient (Wildman–Crippen LogP) is 4.16. The highest BCUT2D eigenvalue weighted by molar-refractivity contribution is 6.09. The molecule has 2 rings (SSSR count). The van der Waals surface area contributed by atoms with Crippen LogP contribution in [0.1, 0.15) is 19.4 Å². The van der Waals surface area contributed by atoms with Crippen molar-refractivity contribution in [3.05, 3.63) is 65.5 Å². The van der Waals surface area contributed by atoms with Crippen LogP contribution < -0.4 is 10.1 Å². The van der Waals surface area contributed by atoms with Crippen molar-refractivity contribution < 1.29 is 13.9 Å². The van der Waals surface area contributed by atoms with E-state index in [1.807, 2.05) is 26.0 Å². The van der Waals surface area contributed by atoms with Crippen molar-refractivity contribution in [1.29, 1.82) is 5.26 Å². The number of rotatable bonds is 5. The molecule has 0 fully saturated rings. The maximum absolute atomic E-state index is 12.9. The predicted molar refractivity (Wildman–Crippen MR) is 90.8 cm³/mol. The van der Waals surface area contributed by atoms with Gasteiger partial charge in [0.25, 0.3) is 5.91 Å². The second-order valence-electron chi connectivity index (χ2n) is 5.34. The molecule has 0 heterocycles. The van der Waals surface area contributed by atoms with Crippen LogP contribution in [0.3, 0.4) is 0 Å². The molecule has 0 radical (unpaired) electrons. The first kappa shape index (κ1) is 17.2. The van der Waals surface area contributed by atoms with E-state index in [1.165, 1.54) is 30.3 Å². The molecule has 0 aliphatic carbocycles. The minimum absolute atomic E-state index is 0.0295. The number of carbonyl (C=O) groups excluding carboxylic acids is 1. The van der Waals surface area contributed by atoms with Gasteiger partial charge in [0.2, 0.25) is 0 Å². The first-order valence-corrected chi connectivity index (χ1v) is 7.44. The highest BCUT2D eigenvalue weighted by Gasteiger charge is 2.11. The van der Waals surface area contributed by atoms with Crippen molar-refractivity contribution in [3.63, 3.8) is 0 Å². The van der Waals surface area contributed by atoms with Gasteiger partial charge in [0, 0.05) is 11.3 Å². The van der Waals surface area contributed by atoms with E-state index in [2.05, 4.69) is 5.32 Å². The Morgan fingerprint density at radius 1 is 1.21 bits per heavy atom. The number of ether oxygens (including phenoxy) is 1. The largest absolute Gasteiger partial charge is 0.490 e. The summed E-state index contributed by atoms with van der Waals surface area (Å²) >= 11 is 0. The summed E-state index contributed by atoms with van der Waals surface area (Å²) in [5.41, 5.74) is 0.977. The fourth-order valence-electron chi connectivity index (χ4n) is 2.00. The summed E-state index contributed by atoms with van der Waals surface area (Å²) in [4.78, 5) is 12.2. The van der Waals surface area contributed by atoms with Gasteiger partial charge in [0.15, 0.2) is 0 Å². The number of halogens is 1. The minimum Gasteiger partial charge on any atom is -0.490 e. The minimum atomic E-state index is -0.566. The molecular formula is C19H17FN2O2. The number of benzene rings is 2. The van der Waals surface area contributed by atoms with Crippen LogP contribution in [0, 0.1) is 17.1 Å². The molecule has 0 unspecified atom stereocenters. The Hall–Kier alpha value is -3.13. The average molecular weight is 324 g/mol. The molecule has 2 aromatic carbocycles. The first-order valence-electron chi connectivity index (χ1n) is 7.44. The Labute approximate surface area is 140 Å². The zero-order valence-electron chi connectivity index (χ0n) is 13.4. The third-order valence-electron chi connectivity index (χ3n) is 3.05. The molecule has 0 saturated carbocycles. The van der Waals surface area contributed by atoms with Gasteiger partial charge in [-0.1, -0.05) is 18.2 Å². The number of para-hydroxylation sites is 1. The molecule has 1 amide bonds. The van der Waals surface area contributed by atoms with Crippen molar-refractivity contribution in [1.82, 2.24) is 0 Å². The van der Waals surface area contributed by atoms with Gasteiger partial charge < -0.3 is 10.1 Å². The summed E-state index contributed by atoms with van der Waals surface area (Å²) < 4.78 is 18.6. The van der Waals surface area contributed by atoms with E-state index in [-0.39, 0.29) is 11.7 Å². The molecule has 0 spiro atoms. The van der Waals surface area contributed by atoms with E-state index >= 15 is 0 Å². The van der Waals surface area contributed by atoms with E-state index in [0.29, 0.717) is 17.0 Å². The summed E-state index contributed by atoms with van der Waals surface area (Å²) in [6, 6.07) is 14.4. The van der Waals surface area contributed by atoms with Gasteiger partial charge in [-0.15, -0.1) is 0 Å². The molecule has 0 saturated heterocycles. The van der Waals surface area contributed by atoms with Crippen LogP contribution in [0.2, 0.25) is 0 Å². The van der Waals surface area contributed by atoms with Crippen LogP contribution >= 0.6 is 0 Å². The number of nitrogens with one attached hydrogen (secondary N) is 1.